The number of hydrogen-bond acceptors (Lipinski definition) is 3. The molecule has 0 aliphatic heterocycles. The Bertz CT molecular complexity index is 348. The fourth-order valence-corrected chi connectivity index (χ4v) is 1.58. The highest BCUT2D eigenvalue weighted by Gasteiger charge is 2.24. The monoisotopic (exact) mass is 223 g/mol. The van der Waals surface area contributed by atoms with Gasteiger partial charge in [0.1, 0.15) is 0 Å². The zero-order valence-electron chi connectivity index (χ0n) is 10.4. The van der Waals surface area contributed by atoms with Crippen LogP contribution in [0.3, 0.4) is 0 Å². The number of nitrogens with zero attached hydrogens (tertiary/aromatic N) is 1. The van der Waals surface area contributed by atoms with Gasteiger partial charge in [0.25, 0.3) is 0 Å². The average Bonchev–Trinajstić information content (AvgIpc) is 2.28. The molecular formula is C13H21NO2. The summed E-state index contributed by atoms with van der Waals surface area (Å²) in [7, 11) is 1.93. The predicted octanol–water partition coefficient (Wildman–Crippen LogP) is 1.95. The summed E-state index contributed by atoms with van der Waals surface area (Å²) in [6.45, 7) is 5.74. The van der Waals surface area contributed by atoms with Gasteiger partial charge in [-0.25, -0.2) is 0 Å². The molecule has 3 nitrogen and oxygen atoms in total. The number of benzene rings is 1. The van der Waals surface area contributed by atoms with Gasteiger partial charge in [0.15, 0.2) is 0 Å². The number of anilines is 1. The lowest BCUT2D eigenvalue weighted by atomic mass is 10.0. The number of para-hydroxylation sites is 1. The van der Waals surface area contributed by atoms with Gasteiger partial charge in [-0.05, 0) is 26.8 Å². The van der Waals surface area contributed by atoms with Gasteiger partial charge in [-0.1, -0.05) is 18.2 Å². The molecule has 1 rings (SSSR count). The minimum absolute atomic E-state index is 0.0671. The third-order valence-corrected chi connectivity index (χ3v) is 3.04. The summed E-state index contributed by atoms with van der Waals surface area (Å²) >= 11 is 0. The van der Waals surface area contributed by atoms with Crippen LogP contribution in [0.1, 0.15) is 32.4 Å². The van der Waals surface area contributed by atoms with Crippen molar-refractivity contribution in [1.82, 2.24) is 0 Å². The van der Waals surface area contributed by atoms with E-state index >= 15 is 0 Å². The van der Waals surface area contributed by atoms with Crippen LogP contribution in [0.5, 0.6) is 0 Å². The van der Waals surface area contributed by atoms with E-state index in [4.69, 9.17) is 0 Å². The van der Waals surface area contributed by atoms with Crippen LogP contribution in [-0.2, 0) is 0 Å². The number of aliphatic hydroxyl groups excluding tert-OH is 2. The van der Waals surface area contributed by atoms with Crippen LogP contribution < -0.4 is 4.90 Å². The summed E-state index contributed by atoms with van der Waals surface area (Å²) in [5.74, 6) is 0. The molecule has 0 saturated heterocycles. The smallest absolute Gasteiger partial charge is 0.0781 e. The first-order chi connectivity index (χ1) is 7.40. The maximum absolute atomic E-state index is 9.70. The first-order valence-electron chi connectivity index (χ1n) is 5.52. The highest BCUT2D eigenvalue weighted by Crippen LogP contribution is 2.29. The van der Waals surface area contributed by atoms with Crippen LogP contribution in [-0.4, -0.2) is 29.4 Å². The Hall–Kier alpha value is -1.06. The van der Waals surface area contributed by atoms with Crippen molar-refractivity contribution >= 4 is 5.69 Å². The Balaban J connectivity index is 3.13. The van der Waals surface area contributed by atoms with E-state index in [0.717, 1.165) is 11.3 Å². The number of likely N-dealkylation sites (N-methyl/N-ethyl adjacent to an activating group) is 1. The van der Waals surface area contributed by atoms with Crippen molar-refractivity contribution in [2.24, 2.45) is 0 Å². The molecule has 0 amide bonds. The van der Waals surface area contributed by atoms with E-state index in [0.29, 0.717) is 0 Å². The summed E-state index contributed by atoms with van der Waals surface area (Å²) in [6, 6.07) is 7.71. The SMILES string of the molecule is CC(O)c1ccccc1N(C)C(C)(C)CO. The first-order valence-corrected chi connectivity index (χ1v) is 5.52. The van der Waals surface area contributed by atoms with E-state index in [2.05, 4.69) is 0 Å². The zero-order chi connectivity index (χ0) is 12.3. The Morgan fingerprint density at radius 1 is 1.31 bits per heavy atom. The van der Waals surface area contributed by atoms with Crippen molar-refractivity contribution < 1.29 is 10.2 Å². The second-order valence-corrected chi connectivity index (χ2v) is 4.76. The maximum Gasteiger partial charge on any atom is 0.0781 e. The summed E-state index contributed by atoms with van der Waals surface area (Å²) in [6.07, 6.45) is -0.506. The minimum atomic E-state index is -0.506. The third kappa shape index (κ3) is 2.54. The molecule has 0 aliphatic rings. The fraction of sp³-hybridized carbons (Fsp3) is 0.538. The summed E-state index contributed by atoms with van der Waals surface area (Å²) in [4.78, 5) is 2.00. The van der Waals surface area contributed by atoms with E-state index < -0.39 is 6.10 Å². The summed E-state index contributed by atoms with van der Waals surface area (Å²) in [5, 5.41) is 19.1. The molecule has 3 heteroatoms. The Labute approximate surface area is 97.3 Å². The molecule has 90 valence electrons. The molecule has 2 N–H and O–H groups in total. The maximum atomic E-state index is 9.70. The van der Waals surface area contributed by atoms with Crippen LogP contribution in [0.15, 0.2) is 24.3 Å². The van der Waals surface area contributed by atoms with Crippen molar-refractivity contribution in [1.29, 1.82) is 0 Å². The molecule has 1 unspecified atom stereocenters. The Morgan fingerprint density at radius 2 is 1.88 bits per heavy atom. The molecule has 1 aromatic carbocycles. The minimum Gasteiger partial charge on any atom is -0.394 e. The largest absolute Gasteiger partial charge is 0.394 e. The van der Waals surface area contributed by atoms with Gasteiger partial charge in [0.05, 0.1) is 18.2 Å². The third-order valence-electron chi connectivity index (χ3n) is 3.04. The van der Waals surface area contributed by atoms with Crippen molar-refractivity contribution in [3.05, 3.63) is 29.8 Å². The van der Waals surface area contributed by atoms with Crippen LogP contribution >= 0.6 is 0 Å². The second-order valence-electron chi connectivity index (χ2n) is 4.76. The van der Waals surface area contributed by atoms with Crippen molar-refractivity contribution in [3.63, 3.8) is 0 Å². The number of aliphatic hydroxyl groups is 2. The van der Waals surface area contributed by atoms with Crippen LogP contribution in [0, 0.1) is 0 Å². The zero-order valence-corrected chi connectivity index (χ0v) is 10.4. The molecule has 0 fully saturated rings. The van der Waals surface area contributed by atoms with Gasteiger partial charge in [0, 0.05) is 18.3 Å². The van der Waals surface area contributed by atoms with Gasteiger partial charge in [-0.3, -0.25) is 0 Å². The van der Waals surface area contributed by atoms with E-state index in [1.165, 1.54) is 0 Å². The first kappa shape index (κ1) is 13.0. The topological polar surface area (TPSA) is 43.7 Å². The molecule has 0 aromatic heterocycles. The predicted molar refractivity (Wildman–Crippen MR) is 66.6 cm³/mol. The number of hydrogen-bond donors (Lipinski definition) is 2. The highest BCUT2D eigenvalue weighted by molar-refractivity contribution is 5.55. The summed E-state index contributed by atoms with van der Waals surface area (Å²) < 4.78 is 0. The normalized spacial score (nSPS) is 13.6. The Morgan fingerprint density at radius 3 is 2.38 bits per heavy atom. The molecule has 0 saturated carbocycles. The number of rotatable bonds is 4. The highest BCUT2D eigenvalue weighted by atomic mass is 16.3. The van der Waals surface area contributed by atoms with E-state index in [1.807, 2.05) is 50.1 Å². The van der Waals surface area contributed by atoms with Crippen molar-refractivity contribution in [3.8, 4) is 0 Å². The lowest BCUT2D eigenvalue weighted by molar-refractivity contribution is 0.196. The lowest BCUT2D eigenvalue weighted by Gasteiger charge is -2.37. The van der Waals surface area contributed by atoms with Gasteiger partial charge in [-0.2, -0.15) is 0 Å². The molecule has 0 radical (unpaired) electrons. The lowest BCUT2D eigenvalue weighted by Crippen LogP contribution is -2.44. The van der Waals surface area contributed by atoms with Gasteiger partial charge < -0.3 is 15.1 Å². The average molecular weight is 223 g/mol. The quantitative estimate of drug-likeness (QED) is 0.820. The van der Waals surface area contributed by atoms with Crippen molar-refractivity contribution in [2.45, 2.75) is 32.4 Å². The van der Waals surface area contributed by atoms with E-state index in [9.17, 15) is 10.2 Å². The standard InChI is InChI=1S/C13H21NO2/c1-10(16)11-7-5-6-8-12(11)14(4)13(2,3)9-15/h5-8,10,15-16H,9H2,1-4H3. The van der Waals surface area contributed by atoms with Crippen LogP contribution in [0.4, 0.5) is 5.69 Å². The van der Waals surface area contributed by atoms with Gasteiger partial charge in [-0.15, -0.1) is 0 Å². The van der Waals surface area contributed by atoms with Gasteiger partial charge in [0.2, 0.25) is 0 Å². The van der Waals surface area contributed by atoms with Crippen LogP contribution in [0.25, 0.3) is 0 Å². The summed E-state index contributed by atoms with van der Waals surface area (Å²) in [5.41, 5.74) is 1.49. The Kier molecular flexibility index (Phi) is 3.94. The van der Waals surface area contributed by atoms with Crippen molar-refractivity contribution in [2.75, 3.05) is 18.6 Å². The van der Waals surface area contributed by atoms with E-state index in [1.54, 1.807) is 6.92 Å². The molecule has 0 heterocycles. The molecular weight excluding hydrogens is 202 g/mol. The molecule has 1 atom stereocenters. The molecule has 16 heavy (non-hydrogen) atoms. The van der Waals surface area contributed by atoms with Gasteiger partial charge >= 0.3 is 0 Å². The molecule has 0 spiro atoms. The van der Waals surface area contributed by atoms with Crippen LogP contribution in [0.2, 0.25) is 0 Å². The molecule has 1 aromatic rings. The fourth-order valence-electron chi connectivity index (χ4n) is 1.58. The molecule has 0 aliphatic carbocycles. The second kappa shape index (κ2) is 4.85. The van der Waals surface area contributed by atoms with E-state index in [-0.39, 0.29) is 12.1 Å². The molecule has 0 bridgehead atoms.